The molecule has 0 aliphatic rings. The van der Waals surface area contributed by atoms with Crippen molar-refractivity contribution >= 4 is 29.0 Å². The lowest BCUT2D eigenvalue weighted by atomic mass is 10.4. The van der Waals surface area contributed by atoms with Crippen LogP contribution in [0.2, 0.25) is 10.0 Å². The second kappa shape index (κ2) is 7.67. The predicted molar refractivity (Wildman–Crippen MR) is 77.1 cm³/mol. The highest BCUT2D eigenvalue weighted by molar-refractivity contribution is 6.36. The first kappa shape index (κ1) is 15.3. The summed E-state index contributed by atoms with van der Waals surface area (Å²) < 4.78 is 5.56. The van der Waals surface area contributed by atoms with Crippen molar-refractivity contribution in [3.05, 3.63) is 16.1 Å². The molecular weight excluding hydrogens is 273 g/mol. The predicted octanol–water partition coefficient (Wildman–Crippen LogP) is 3.15. The fourth-order valence-corrected chi connectivity index (χ4v) is 1.87. The first-order valence-corrected chi connectivity index (χ1v) is 6.67. The van der Waals surface area contributed by atoms with Gasteiger partial charge >= 0.3 is 0 Å². The Morgan fingerprint density at radius 2 is 2.06 bits per heavy atom. The van der Waals surface area contributed by atoms with E-state index in [1.165, 1.54) is 0 Å². The number of nitrogens with one attached hydrogen (secondary N) is 1. The van der Waals surface area contributed by atoms with Crippen molar-refractivity contribution in [2.75, 3.05) is 39.1 Å². The highest BCUT2D eigenvalue weighted by atomic mass is 35.5. The fourth-order valence-electron chi connectivity index (χ4n) is 1.39. The Bertz CT molecular complexity index is 386. The summed E-state index contributed by atoms with van der Waals surface area (Å²) in [5, 5.41) is 4.00. The molecule has 102 valence electrons. The maximum atomic E-state index is 6.03. The number of ether oxygens (including phenoxy) is 1. The molecule has 4 nitrogen and oxygen atoms in total. The Kier molecular flexibility index (Phi) is 6.54. The minimum atomic E-state index is 0.427. The van der Waals surface area contributed by atoms with Crippen molar-refractivity contribution in [1.82, 2.24) is 9.88 Å². The van der Waals surface area contributed by atoms with Gasteiger partial charge in [-0.1, -0.05) is 23.2 Å². The van der Waals surface area contributed by atoms with Gasteiger partial charge in [-0.25, -0.2) is 0 Å². The van der Waals surface area contributed by atoms with E-state index in [-0.39, 0.29) is 0 Å². The van der Waals surface area contributed by atoms with E-state index in [9.17, 15) is 0 Å². The molecule has 1 heterocycles. The molecular formula is C12H19Cl2N3O. The van der Waals surface area contributed by atoms with Gasteiger partial charge in [0.15, 0.2) is 0 Å². The van der Waals surface area contributed by atoms with Crippen LogP contribution in [0, 0.1) is 0 Å². The molecule has 0 aliphatic carbocycles. The van der Waals surface area contributed by atoms with Gasteiger partial charge in [0, 0.05) is 13.1 Å². The zero-order valence-electron chi connectivity index (χ0n) is 11.0. The van der Waals surface area contributed by atoms with E-state index in [2.05, 4.69) is 15.2 Å². The maximum Gasteiger partial charge on any atom is 0.234 e. The molecule has 0 aliphatic heterocycles. The summed E-state index contributed by atoms with van der Waals surface area (Å²) in [5.74, 6) is 1.03. The van der Waals surface area contributed by atoms with Crippen LogP contribution in [0.4, 0.5) is 5.82 Å². The summed E-state index contributed by atoms with van der Waals surface area (Å²) >= 11 is 12.0. The van der Waals surface area contributed by atoms with Crippen LogP contribution in [0.5, 0.6) is 5.88 Å². The van der Waals surface area contributed by atoms with Crippen LogP contribution >= 0.6 is 23.2 Å². The molecule has 0 amide bonds. The van der Waals surface area contributed by atoms with Gasteiger partial charge in [0.05, 0.1) is 11.6 Å². The first-order valence-electron chi connectivity index (χ1n) is 5.92. The maximum absolute atomic E-state index is 6.03. The van der Waals surface area contributed by atoms with E-state index >= 15 is 0 Å². The van der Waals surface area contributed by atoms with Crippen LogP contribution in [-0.4, -0.2) is 43.7 Å². The van der Waals surface area contributed by atoms with Crippen molar-refractivity contribution in [3.8, 4) is 5.88 Å². The minimum Gasteiger partial charge on any atom is -0.477 e. The summed E-state index contributed by atoms with van der Waals surface area (Å²) in [6.07, 6.45) is 0.921. The Morgan fingerprint density at radius 3 is 2.67 bits per heavy atom. The molecule has 1 aromatic rings. The number of pyridine rings is 1. The standard InChI is InChI=1S/C12H19Cl2N3O/c1-4-15-11-9(13)8-10(14)12(16-11)18-7-5-6-17(2)3/h8H,4-7H2,1-3H3,(H,15,16). The monoisotopic (exact) mass is 291 g/mol. The van der Waals surface area contributed by atoms with Gasteiger partial charge in [-0.2, -0.15) is 4.98 Å². The first-order chi connectivity index (χ1) is 8.54. The van der Waals surface area contributed by atoms with E-state index in [1.807, 2.05) is 21.0 Å². The number of hydrogen-bond acceptors (Lipinski definition) is 4. The summed E-state index contributed by atoms with van der Waals surface area (Å²) in [4.78, 5) is 6.37. The molecule has 18 heavy (non-hydrogen) atoms. The molecule has 0 radical (unpaired) electrons. The lowest BCUT2D eigenvalue weighted by Gasteiger charge is -2.12. The molecule has 1 N–H and O–H groups in total. The van der Waals surface area contributed by atoms with Crippen molar-refractivity contribution < 1.29 is 4.74 Å². The third-order valence-corrected chi connectivity index (χ3v) is 2.79. The van der Waals surface area contributed by atoms with Gasteiger partial charge in [0.25, 0.3) is 0 Å². The van der Waals surface area contributed by atoms with Crippen LogP contribution in [0.15, 0.2) is 6.07 Å². The molecule has 0 atom stereocenters. The van der Waals surface area contributed by atoms with Crippen molar-refractivity contribution in [1.29, 1.82) is 0 Å². The number of halogens is 2. The Labute approximate surface area is 118 Å². The van der Waals surface area contributed by atoms with E-state index in [0.717, 1.165) is 19.5 Å². The fraction of sp³-hybridized carbons (Fsp3) is 0.583. The average molecular weight is 292 g/mol. The second-order valence-electron chi connectivity index (χ2n) is 4.14. The Balaban J connectivity index is 2.61. The van der Waals surface area contributed by atoms with Crippen LogP contribution < -0.4 is 10.1 Å². The minimum absolute atomic E-state index is 0.427. The molecule has 1 aromatic heterocycles. The van der Waals surface area contributed by atoms with Gasteiger partial charge in [-0.05, 0) is 33.5 Å². The van der Waals surface area contributed by atoms with Gasteiger partial charge in [0.1, 0.15) is 10.8 Å². The summed E-state index contributed by atoms with van der Waals surface area (Å²) in [7, 11) is 4.05. The largest absolute Gasteiger partial charge is 0.477 e. The van der Waals surface area contributed by atoms with Crippen molar-refractivity contribution in [2.45, 2.75) is 13.3 Å². The average Bonchev–Trinajstić information content (AvgIpc) is 2.29. The van der Waals surface area contributed by atoms with Gasteiger partial charge < -0.3 is 15.0 Å². The van der Waals surface area contributed by atoms with E-state index < -0.39 is 0 Å². The highest BCUT2D eigenvalue weighted by Gasteiger charge is 2.09. The molecule has 0 spiro atoms. The smallest absolute Gasteiger partial charge is 0.234 e. The van der Waals surface area contributed by atoms with E-state index in [0.29, 0.717) is 28.3 Å². The summed E-state index contributed by atoms with van der Waals surface area (Å²) in [6, 6.07) is 1.65. The molecule has 0 unspecified atom stereocenters. The van der Waals surface area contributed by atoms with Crippen LogP contribution in [0.3, 0.4) is 0 Å². The topological polar surface area (TPSA) is 37.4 Å². The van der Waals surface area contributed by atoms with Crippen molar-refractivity contribution in [2.24, 2.45) is 0 Å². The Hall–Kier alpha value is -0.710. The third-order valence-electron chi connectivity index (χ3n) is 2.23. The molecule has 0 bridgehead atoms. The highest BCUT2D eigenvalue weighted by Crippen LogP contribution is 2.30. The lowest BCUT2D eigenvalue weighted by molar-refractivity contribution is 0.273. The van der Waals surface area contributed by atoms with Gasteiger partial charge in [-0.3, -0.25) is 0 Å². The second-order valence-corrected chi connectivity index (χ2v) is 4.96. The number of hydrogen-bond donors (Lipinski definition) is 1. The number of anilines is 1. The number of nitrogens with zero attached hydrogens (tertiary/aromatic N) is 2. The zero-order chi connectivity index (χ0) is 13.5. The summed E-state index contributed by atoms with van der Waals surface area (Å²) in [5.41, 5.74) is 0. The van der Waals surface area contributed by atoms with Crippen LogP contribution in [-0.2, 0) is 0 Å². The van der Waals surface area contributed by atoms with Crippen LogP contribution in [0.25, 0.3) is 0 Å². The third kappa shape index (κ3) is 4.88. The molecule has 0 saturated heterocycles. The zero-order valence-corrected chi connectivity index (χ0v) is 12.5. The van der Waals surface area contributed by atoms with E-state index in [4.69, 9.17) is 27.9 Å². The normalized spacial score (nSPS) is 10.8. The number of rotatable bonds is 7. The lowest BCUT2D eigenvalue weighted by Crippen LogP contribution is -2.16. The molecule has 1 rings (SSSR count). The molecule has 0 fully saturated rings. The van der Waals surface area contributed by atoms with Gasteiger partial charge in [-0.15, -0.1) is 0 Å². The van der Waals surface area contributed by atoms with Crippen LogP contribution in [0.1, 0.15) is 13.3 Å². The molecule has 0 saturated carbocycles. The van der Waals surface area contributed by atoms with Crippen molar-refractivity contribution in [3.63, 3.8) is 0 Å². The number of aromatic nitrogens is 1. The molecule has 6 heteroatoms. The summed E-state index contributed by atoms with van der Waals surface area (Å²) in [6.45, 7) is 4.27. The Morgan fingerprint density at radius 1 is 1.33 bits per heavy atom. The SMILES string of the molecule is CCNc1nc(OCCCN(C)C)c(Cl)cc1Cl. The van der Waals surface area contributed by atoms with E-state index in [1.54, 1.807) is 6.07 Å². The molecule has 0 aromatic carbocycles. The quantitative estimate of drug-likeness (QED) is 0.783. The van der Waals surface area contributed by atoms with Gasteiger partial charge in [0.2, 0.25) is 5.88 Å².